The van der Waals surface area contributed by atoms with E-state index in [0.717, 1.165) is 34.4 Å². The minimum atomic E-state index is -0.307. The molecule has 0 saturated carbocycles. The number of nitrogens with two attached hydrogens (primary N) is 1. The molecule has 4 rings (SSSR count). The van der Waals surface area contributed by atoms with E-state index in [-0.39, 0.29) is 12.1 Å². The van der Waals surface area contributed by atoms with Gasteiger partial charge in [-0.25, -0.2) is 4.79 Å². The number of unbranched alkanes of at least 4 members (excludes halogenated alkanes) is 3. The molecular formula is C32H45ClN4O3. The van der Waals surface area contributed by atoms with E-state index in [4.69, 9.17) is 26.8 Å². The number of amides is 1. The predicted octanol–water partition coefficient (Wildman–Crippen LogP) is 6.49. The molecule has 1 atom stereocenters. The van der Waals surface area contributed by atoms with Gasteiger partial charge in [0.1, 0.15) is 5.75 Å². The molecule has 1 amide bonds. The summed E-state index contributed by atoms with van der Waals surface area (Å²) in [4.78, 5) is 19.7. The highest BCUT2D eigenvalue weighted by molar-refractivity contribution is 6.30. The second-order valence-electron chi connectivity index (χ2n) is 10.9. The first-order chi connectivity index (χ1) is 19.4. The van der Waals surface area contributed by atoms with Crippen LogP contribution in [-0.2, 0) is 4.74 Å². The van der Waals surface area contributed by atoms with Crippen molar-refractivity contribution >= 4 is 29.0 Å². The molecule has 8 heteroatoms. The van der Waals surface area contributed by atoms with Crippen molar-refractivity contribution in [2.75, 3.05) is 65.3 Å². The zero-order chi connectivity index (χ0) is 28.5. The number of nitrogen functional groups attached to an aromatic ring is 1. The van der Waals surface area contributed by atoms with Gasteiger partial charge in [-0.15, -0.1) is 0 Å². The maximum absolute atomic E-state index is 12.9. The summed E-state index contributed by atoms with van der Waals surface area (Å²) >= 11 is 6.31. The molecular weight excluding hydrogens is 524 g/mol. The van der Waals surface area contributed by atoms with E-state index in [9.17, 15) is 4.79 Å². The van der Waals surface area contributed by atoms with Gasteiger partial charge >= 0.3 is 6.09 Å². The minimum absolute atomic E-state index is 0.254. The molecule has 2 heterocycles. The molecule has 218 valence electrons. The smallest absolute Gasteiger partial charge is 0.410 e. The number of piperazine rings is 1. The van der Waals surface area contributed by atoms with E-state index in [0.29, 0.717) is 36.9 Å². The average Bonchev–Trinajstić information content (AvgIpc) is 2.95. The average molecular weight is 569 g/mol. The normalized spacial score (nSPS) is 18.7. The van der Waals surface area contributed by atoms with E-state index in [1.54, 1.807) is 11.0 Å². The fraction of sp³-hybridized carbons (Fsp3) is 0.531. The molecule has 0 aliphatic carbocycles. The number of hydrogen-bond donors (Lipinski definition) is 1. The summed E-state index contributed by atoms with van der Waals surface area (Å²) < 4.78 is 11.5. The van der Waals surface area contributed by atoms with Gasteiger partial charge in [0.25, 0.3) is 0 Å². The van der Waals surface area contributed by atoms with Crippen LogP contribution in [0.3, 0.4) is 0 Å². The SMILES string of the molecule is CCOC(=O)N1CCC(c2cc(Cl)ccc2N)=C(C)C1c1ccc(OCCCCCCN2CCN(C)CC2)cc1. The van der Waals surface area contributed by atoms with Crippen molar-refractivity contribution in [3.8, 4) is 5.75 Å². The Morgan fingerprint density at radius 1 is 1.00 bits per heavy atom. The maximum atomic E-state index is 12.9. The van der Waals surface area contributed by atoms with Gasteiger partial charge in [-0.3, -0.25) is 4.90 Å². The lowest BCUT2D eigenvalue weighted by Gasteiger charge is -2.38. The number of ether oxygens (including phenoxy) is 2. The van der Waals surface area contributed by atoms with Crippen molar-refractivity contribution in [1.29, 1.82) is 0 Å². The molecule has 0 spiro atoms. The molecule has 0 aromatic heterocycles. The lowest BCUT2D eigenvalue weighted by Crippen LogP contribution is -2.44. The van der Waals surface area contributed by atoms with Crippen LogP contribution < -0.4 is 10.5 Å². The second kappa shape index (κ2) is 14.8. The molecule has 2 aliphatic rings. The van der Waals surface area contributed by atoms with Crippen LogP contribution in [0.5, 0.6) is 5.75 Å². The summed E-state index contributed by atoms with van der Waals surface area (Å²) in [5, 5.41) is 0.644. The lowest BCUT2D eigenvalue weighted by molar-refractivity contribution is 0.0947. The van der Waals surface area contributed by atoms with E-state index >= 15 is 0 Å². The Morgan fingerprint density at radius 3 is 2.45 bits per heavy atom. The summed E-state index contributed by atoms with van der Waals surface area (Å²) in [7, 11) is 2.20. The van der Waals surface area contributed by atoms with Crippen LogP contribution in [-0.4, -0.2) is 80.3 Å². The van der Waals surface area contributed by atoms with Crippen molar-refractivity contribution in [3.63, 3.8) is 0 Å². The molecule has 7 nitrogen and oxygen atoms in total. The van der Waals surface area contributed by atoms with Crippen LogP contribution >= 0.6 is 11.6 Å². The number of hydrogen-bond acceptors (Lipinski definition) is 6. The Balaban J connectivity index is 1.35. The minimum Gasteiger partial charge on any atom is -0.494 e. The largest absolute Gasteiger partial charge is 0.494 e. The molecule has 2 aromatic carbocycles. The molecule has 2 N–H and O–H groups in total. The third-order valence-electron chi connectivity index (χ3n) is 8.07. The van der Waals surface area contributed by atoms with Crippen molar-refractivity contribution in [1.82, 2.24) is 14.7 Å². The van der Waals surface area contributed by atoms with Gasteiger partial charge in [0, 0.05) is 49.0 Å². The van der Waals surface area contributed by atoms with E-state index in [1.165, 1.54) is 52.0 Å². The maximum Gasteiger partial charge on any atom is 0.410 e. The number of carbonyl (C=O) groups is 1. The zero-order valence-corrected chi connectivity index (χ0v) is 25.1. The number of benzene rings is 2. The molecule has 1 saturated heterocycles. The third kappa shape index (κ3) is 7.93. The van der Waals surface area contributed by atoms with Gasteiger partial charge in [0.15, 0.2) is 0 Å². The second-order valence-corrected chi connectivity index (χ2v) is 11.4. The third-order valence-corrected chi connectivity index (χ3v) is 8.31. The Bertz CT molecular complexity index is 1150. The van der Waals surface area contributed by atoms with Crippen molar-refractivity contribution in [2.24, 2.45) is 0 Å². The van der Waals surface area contributed by atoms with E-state index < -0.39 is 0 Å². The predicted molar refractivity (Wildman–Crippen MR) is 164 cm³/mol. The highest BCUT2D eigenvalue weighted by Gasteiger charge is 2.33. The fourth-order valence-electron chi connectivity index (χ4n) is 5.73. The van der Waals surface area contributed by atoms with E-state index in [2.05, 4.69) is 35.9 Å². The highest BCUT2D eigenvalue weighted by Crippen LogP contribution is 2.42. The molecule has 2 aromatic rings. The molecule has 1 fully saturated rings. The Morgan fingerprint density at radius 2 is 1.73 bits per heavy atom. The van der Waals surface area contributed by atoms with Crippen molar-refractivity contribution in [2.45, 2.75) is 52.0 Å². The molecule has 40 heavy (non-hydrogen) atoms. The number of anilines is 1. The van der Waals surface area contributed by atoms with Crippen molar-refractivity contribution < 1.29 is 14.3 Å². The molecule has 0 bridgehead atoms. The van der Waals surface area contributed by atoms with Crippen molar-refractivity contribution in [3.05, 3.63) is 64.2 Å². The molecule has 1 unspecified atom stereocenters. The summed E-state index contributed by atoms with van der Waals surface area (Å²) in [5.74, 6) is 0.848. The quantitative estimate of drug-likeness (QED) is 0.247. The van der Waals surface area contributed by atoms with Gasteiger partial charge in [-0.1, -0.05) is 36.6 Å². The number of rotatable bonds is 11. The van der Waals surface area contributed by atoms with E-state index in [1.807, 2.05) is 31.2 Å². The Kier molecular flexibility index (Phi) is 11.2. The first-order valence-electron chi connectivity index (χ1n) is 14.7. The lowest BCUT2D eigenvalue weighted by atomic mass is 9.85. The number of carbonyl (C=O) groups excluding carboxylic acids is 1. The first kappa shape index (κ1) is 30.2. The van der Waals surface area contributed by atoms with Gasteiger partial charge < -0.3 is 25.0 Å². The number of likely N-dealkylation sites (N-methyl/N-ethyl adjacent to an activating group) is 1. The zero-order valence-electron chi connectivity index (χ0n) is 24.3. The van der Waals surface area contributed by atoms with Gasteiger partial charge in [0.2, 0.25) is 0 Å². The molecule has 0 radical (unpaired) electrons. The standard InChI is InChI=1S/C32H45ClN4O3/c1-4-39-32(38)37-17-15-28(29-23-26(33)11-14-30(29)34)24(2)31(37)25-9-12-27(13-10-25)40-22-8-6-5-7-16-36-20-18-35(3)19-21-36/h9-14,23,31H,4-8,15-22,34H2,1-3H3. The van der Waals surface area contributed by atoms with Gasteiger partial charge in [0.05, 0.1) is 19.3 Å². The number of nitrogens with zero attached hydrogens (tertiary/aromatic N) is 3. The van der Waals surface area contributed by atoms with Gasteiger partial charge in [-0.2, -0.15) is 0 Å². The Hall–Kier alpha value is -2.74. The van der Waals surface area contributed by atoms with Crippen LogP contribution in [0.15, 0.2) is 48.0 Å². The summed E-state index contributed by atoms with van der Waals surface area (Å²) in [6, 6.07) is 13.4. The van der Waals surface area contributed by atoms with Crippen LogP contribution in [0.2, 0.25) is 5.02 Å². The summed E-state index contributed by atoms with van der Waals surface area (Å²) in [5.41, 5.74) is 11.2. The van der Waals surface area contributed by atoms with Crippen LogP contribution in [0.25, 0.3) is 5.57 Å². The van der Waals surface area contributed by atoms with Crippen LogP contribution in [0.4, 0.5) is 10.5 Å². The van der Waals surface area contributed by atoms with Crippen LogP contribution in [0.1, 0.15) is 63.1 Å². The van der Waals surface area contributed by atoms with Crippen LogP contribution in [0, 0.1) is 0 Å². The monoisotopic (exact) mass is 568 g/mol. The topological polar surface area (TPSA) is 71.3 Å². The summed E-state index contributed by atoms with van der Waals surface area (Å²) in [6.07, 6.45) is 5.11. The summed E-state index contributed by atoms with van der Waals surface area (Å²) in [6.45, 7) is 11.4. The first-order valence-corrected chi connectivity index (χ1v) is 15.1. The Labute approximate surface area is 244 Å². The number of halogens is 1. The molecule has 2 aliphatic heterocycles. The van der Waals surface area contributed by atoms with Gasteiger partial charge in [-0.05, 0) is 93.7 Å². The fourth-order valence-corrected chi connectivity index (χ4v) is 5.90. The highest BCUT2D eigenvalue weighted by atomic mass is 35.5.